The zero-order valence-electron chi connectivity index (χ0n) is 12.2. The standard InChI is InChI=1S/C16H26N2O/c1-3-9-17-13-14-7-8-15(16(12-14)19-4-2)18-10-5-6-11-18/h7-8,12,17H,3-6,9-11,13H2,1-2H3. The van der Waals surface area contributed by atoms with Crippen LogP contribution in [0, 0.1) is 0 Å². The topological polar surface area (TPSA) is 24.5 Å². The number of rotatable bonds is 7. The Balaban J connectivity index is 2.09. The summed E-state index contributed by atoms with van der Waals surface area (Å²) in [6.07, 6.45) is 3.76. The predicted octanol–water partition coefficient (Wildman–Crippen LogP) is 3.19. The van der Waals surface area contributed by atoms with E-state index in [1.54, 1.807) is 0 Å². The molecule has 1 aromatic carbocycles. The van der Waals surface area contributed by atoms with Crippen molar-refractivity contribution >= 4 is 5.69 Å². The SMILES string of the molecule is CCCNCc1ccc(N2CCCC2)c(OCC)c1. The minimum atomic E-state index is 0.729. The quantitative estimate of drug-likeness (QED) is 0.764. The van der Waals surface area contributed by atoms with Crippen LogP contribution in [0.2, 0.25) is 0 Å². The number of anilines is 1. The summed E-state index contributed by atoms with van der Waals surface area (Å²) >= 11 is 0. The summed E-state index contributed by atoms with van der Waals surface area (Å²) in [4.78, 5) is 2.44. The Morgan fingerprint density at radius 2 is 2.00 bits per heavy atom. The van der Waals surface area contributed by atoms with Gasteiger partial charge in [0.15, 0.2) is 0 Å². The molecule has 1 aliphatic rings. The second-order valence-electron chi connectivity index (χ2n) is 5.11. The van der Waals surface area contributed by atoms with Crippen molar-refractivity contribution in [1.82, 2.24) is 5.32 Å². The minimum absolute atomic E-state index is 0.729. The second kappa shape index (κ2) is 7.39. The first-order valence-electron chi connectivity index (χ1n) is 7.56. The van der Waals surface area contributed by atoms with Gasteiger partial charge in [0.1, 0.15) is 5.75 Å². The van der Waals surface area contributed by atoms with Crippen molar-refractivity contribution in [3.8, 4) is 5.75 Å². The van der Waals surface area contributed by atoms with E-state index in [2.05, 4.69) is 42.3 Å². The van der Waals surface area contributed by atoms with Gasteiger partial charge in [0, 0.05) is 19.6 Å². The van der Waals surface area contributed by atoms with Crippen LogP contribution in [0.5, 0.6) is 5.75 Å². The van der Waals surface area contributed by atoms with E-state index < -0.39 is 0 Å². The monoisotopic (exact) mass is 262 g/mol. The maximum Gasteiger partial charge on any atom is 0.142 e. The van der Waals surface area contributed by atoms with E-state index >= 15 is 0 Å². The molecule has 19 heavy (non-hydrogen) atoms. The van der Waals surface area contributed by atoms with Crippen molar-refractivity contribution in [2.75, 3.05) is 31.1 Å². The summed E-state index contributed by atoms with van der Waals surface area (Å²) in [5, 5.41) is 3.44. The molecule has 2 rings (SSSR count). The molecule has 1 saturated heterocycles. The predicted molar refractivity (Wildman–Crippen MR) is 81.1 cm³/mol. The van der Waals surface area contributed by atoms with Crippen LogP contribution in [0.15, 0.2) is 18.2 Å². The highest BCUT2D eigenvalue weighted by molar-refractivity contribution is 5.60. The summed E-state index contributed by atoms with van der Waals surface area (Å²) in [6.45, 7) is 9.28. The zero-order valence-corrected chi connectivity index (χ0v) is 12.2. The second-order valence-corrected chi connectivity index (χ2v) is 5.11. The van der Waals surface area contributed by atoms with Crippen LogP contribution in [0.4, 0.5) is 5.69 Å². The average Bonchev–Trinajstić information content (AvgIpc) is 2.94. The van der Waals surface area contributed by atoms with Gasteiger partial charge < -0.3 is 15.0 Å². The number of benzene rings is 1. The van der Waals surface area contributed by atoms with Gasteiger partial charge in [-0.05, 0) is 50.4 Å². The lowest BCUT2D eigenvalue weighted by atomic mass is 10.1. The first kappa shape index (κ1) is 14.2. The van der Waals surface area contributed by atoms with Gasteiger partial charge in [0.05, 0.1) is 12.3 Å². The van der Waals surface area contributed by atoms with E-state index in [1.165, 1.54) is 30.5 Å². The fourth-order valence-electron chi connectivity index (χ4n) is 2.57. The van der Waals surface area contributed by atoms with Crippen molar-refractivity contribution in [3.05, 3.63) is 23.8 Å². The molecule has 1 aromatic rings. The molecule has 0 aliphatic carbocycles. The van der Waals surface area contributed by atoms with Crippen molar-refractivity contribution < 1.29 is 4.74 Å². The van der Waals surface area contributed by atoms with Crippen LogP contribution >= 0.6 is 0 Å². The molecular formula is C16H26N2O. The molecule has 0 atom stereocenters. The van der Waals surface area contributed by atoms with Gasteiger partial charge in [0.25, 0.3) is 0 Å². The fourth-order valence-corrected chi connectivity index (χ4v) is 2.57. The van der Waals surface area contributed by atoms with Gasteiger partial charge in [-0.1, -0.05) is 13.0 Å². The van der Waals surface area contributed by atoms with Gasteiger partial charge in [-0.2, -0.15) is 0 Å². The van der Waals surface area contributed by atoms with Crippen LogP contribution in [0.25, 0.3) is 0 Å². The summed E-state index contributed by atoms with van der Waals surface area (Å²) in [5.41, 5.74) is 2.57. The Hall–Kier alpha value is -1.22. The van der Waals surface area contributed by atoms with Gasteiger partial charge in [-0.3, -0.25) is 0 Å². The maximum absolute atomic E-state index is 5.83. The van der Waals surface area contributed by atoms with Gasteiger partial charge in [-0.25, -0.2) is 0 Å². The lowest BCUT2D eigenvalue weighted by Crippen LogP contribution is -2.19. The van der Waals surface area contributed by atoms with E-state index in [4.69, 9.17) is 4.74 Å². The average molecular weight is 262 g/mol. The molecule has 3 nitrogen and oxygen atoms in total. The third-order valence-corrected chi connectivity index (χ3v) is 3.53. The molecule has 0 spiro atoms. The maximum atomic E-state index is 5.83. The molecule has 0 radical (unpaired) electrons. The van der Waals surface area contributed by atoms with E-state index in [0.717, 1.165) is 38.5 Å². The summed E-state index contributed by atoms with van der Waals surface area (Å²) in [6, 6.07) is 6.64. The van der Waals surface area contributed by atoms with Crippen LogP contribution in [0.3, 0.4) is 0 Å². The van der Waals surface area contributed by atoms with Crippen molar-refractivity contribution in [2.45, 2.75) is 39.7 Å². The van der Waals surface area contributed by atoms with E-state index in [1.807, 2.05) is 0 Å². The molecule has 1 N–H and O–H groups in total. The number of ether oxygens (including phenoxy) is 1. The first-order valence-corrected chi connectivity index (χ1v) is 7.56. The van der Waals surface area contributed by atoms with E-state index in [-0.39, 0.29) is 0 Å². The summed E-state index contributed by atoms with van der Waals surface area (Å²) in [5.74, 6) is 1.04. The molecule has 0 saturated carbocycles. The Morgan fingerprint density at radius 1 is 1.21 bits per heavy atom. The van der Waals surface area contributed by atoms with Crippen LogP contribution < -0.4 is 15.0 Å². The molecule has 3 heteroatoms. The van der Waals surface area contributed by atoms with Crippen molar-refractivity contribution in [2.24, 2.45) is 0 Å². The summed E-state index contributed by atoms with van der Waals surface area (Å²) < 4.78 is 5.83. The molecule has 106 valence electrons. The number of nitrogens with zero attached hydrogens (tertiary/aromatic N) is 1. The Labute approximate surface area is 116 Å². The van der Waals surface area contributed by atoms with Crippen LogP contribution in [-0.2, 0) is 6.54 Å². The van der Waals surface area contributed by atoms with Gasteiger partial charge >= 0.3 is 0 Å². The third kappa shape index (κ3) is 3.87. The normalized spacial score (nSPS) is 14.9. The van der Waals surface area contributed by atoms with Gasteiger partial charge in [0.2, 0.25) is 0 Å². The molecular weight excluding hydrogens is 236 g/mol. The summed E-state index contributed by atoms with van der Waals surface area (Å²) in [7, 11) is 0. The number of nitrogens with one attached hydrogen (secondary N) is 1. The van der Waals surface area contributed by atoms with Crippen molar-refractivity contribution in [1.29, 1.82) is 0 Å². The largest absolute Gasteiger partial charge is 0.492 e. The minimum Gasteiger partial charge on any atom is -0.492 e. The first-order chi connectivity index (χ1) is 9.35. The highest BCUT2D eigenvalue weighted by atomic mass is 16.5. The smallest absolute Gasteiger partial charge is 0.142 e. The number of hydrogen-bond donors (Lipinski definition) is 1. The molecule has 0 aromatic heterocycles. The number of hydrogen-bond acceptors (Lipinski definition) is 3. The molecule has 1 heterocycles. The van der Waals surface area contributed by atoms with Crippen LogP contribution in [0.1, 0.15) is 38.7 Å². The lowest BCUT2D eigenvalue weighted by Gasteiger charge is -2.22. The highest BCUT2D eigenvalue weighted by Gasteiger charge is 2.16. The Morgan fingerprint density at radius 3 is 2.68 bits per heavy atom. The highest BCUT2D eigenvalue weighted by Crippen LogP contribution is 2.32. The lowest BCUT2D eigenvalue weighted by molar-refractivity contribution is 0.340. The molecule has 0 unspecified atom stereocenters. The molecule has 1 fully saturated rings. The van der Waals surface area contributed by atoms with Crippen molar-refractivity contribution in [3.63, 3.8) is 0 Å². The molecule has 0 amide bonds. The Kier molecular flexibility index (Phi) is 5.52. The Bertz CT molecular complexity index is 386. The van der Waals surface area contributed by atoms with E-state index in [0.29, 0.717) is 0 Å². The van der Waals surface area contributed by atoms with Crippen LogP contribution in [-0.4, -0.2) is 26.2 Å². The van der Waals surface area contributed by atoms with Gasteiger partial charge in [-0.15, -0.1) is 0 Å². The zero-order chi connectivity index (χ0) is 13.5. The molecule has 0 bridgehead atoms. The molecule has 1 aliphatic heterocycles. The fraction of sp³-hybridized carbons (Fsp3) is 0.625. The third-order valence-electron chi connectivity index (χ3n) is 3.53. The van der Waals surface area contributed by atoms with E-state index in [9.17, 15) is 0 Å².